The molecule has 182 valence electrons. The molecule has 1 aliphatic rings. The number of fused-ring (bicyclic) bond motifs is 1. The monoisotopic (exact) mass is 482 g/mol. The van der Waals surface area contributed by atoms with Crippen LogP contribution < -0.4 is 5.32 Å². The molecule has 0 unspecified atom stereocenters. The minimum atomic E-state index is -0.590. The average molecular weight is 483 g/mol. The van der Waals surface area contributed by atoms with Crippen LogP contribution in [-0.2, 0) is 18.0 Å². The van der Waals surface area contributed by atoms with Crippen molar-refractivity contribution in [2.24, 2.45) is 0 Å². The van der Waals surface area contributed by atoms with Crippen LogP contribution in [0.3, 0.4) is 0 Å². The predicted octanol–water partition coefficient (Wildman–Crippen LogP) is 4.60. The highest BCUT2D eigenvalue weighted by Crippen LogP contribution is 2.20. The van der Waals surface area contributed by atoms with Gasteiger partial charge in [0, 0.05) is 42.6 Å². The van der Waals surface area contributed by atoms with Crippen LogP contribution in [-0.4, -0.2) is 46.5 Å². The molecule has 0 radical (unpaired) electrons. The van der Waals surface area contributed by atoms with Crippen molar-refractivity contribution in [3.8, 4) is 11.8 Å². The van der Waals surface area contributed by atoms with Gasteiger partial charge in [-0.15, -0.1) is 0 Å². The molecule has 3 heterocycles. The van der Waals surface area contributed by atoms with Crippen LogP contribution >= 0.6 is 0 Å². The molecule has 7 heteroatoms. The lowest BCUT2D eigenvalue weighted by atomic mass is 10.0. The number of anilines is 1. The van der Waals surface area contributed by atoms with Crippen molar-refractivity contribution in [3.05, 3.63) is 101 Å². The fourth-order valence-electron chi connectivity index (χ4n) is 4.28. The number of aromatic nitrogens is 2. The lowest BCUT2D eigenvalue weighted by Crippen LogP contribution is -2.35. The highest BCUT2D eigenvalue weighted by molar-refractivity contribution is 6.04. The largest absolute Gasteiger partial charge is 0.379 e. The van der Waals surface area contributed by atoms with Crippen LogP contribution in [0.2, 0.25) is 0 Å². The summed E-state index contributed by atoms with van der Waals surface area (Å²) in [5.74, 6) is 6.09. The Morgan fingerprint density at radius 3 is 2.75 bits per heavy atom. The molecule has 36 heavy (non-hydrogen) atoms. The second-order valence-electron chi connectivity index (χ2n) is 8.87. The number of pyridine rings is 1. The molecule has 0 aliphatic carbocycles. The molecule has 2 aromatic carbocycles. The highest BCUT2D eigenvalue weighted by Gasteiger charge is 2.14. The number of carbonyl (C=O) groups excluding carboxylic acids is 1. The number of imidazole rings is 1. The number of alkyl halides is 1. The zero-order valence-electron chi connectivity index (χ0n) is 20.1. The summed E-state index contributed by atoms with van der Waals surface area (Å²) in [5, 5.41) is 2.94. The second kappa shape index (κ2) is 10.7. The summed E-state index contributed by atoms with van der Waals surface area (Å²) in [7, 11) is 0. The lowest BCUT2D eigenvalue weighted by Gasteiger charge is -2.26. The SMILES string of the molecule is Cc1ccc(C(=O)Nc2cc(CF)cc(CN3CCOCC3)c2)cc1C#Cc1cnc2ccccn12. The van der Waals surface area contributed by atoms with Gasteiger partial charge >= 0.3 is 0 Å². The third-order valence-corrected chi connectivity index (χ3v) is 6.22. The zero-order valence-corrected chi connectivity index (χ0v) is 20.1. The van der Waals surface area contributed by atoms with Crippen LogP contribution in [0.15, 0.2) is 67.0 Å². The van der Waals surface area contributed by atoms with Gasteiger partial charge in [0.15, 0.2) is 0 Å². The average Bonchev–Trinajstić information content (AvgIpc) is 3.31. The summed E-state index contributed by atoms with van der Waals surface area (Å²) in [5.41, 5.74) is 5.91. The molecule has 2 aromatic heterocycles. The zero-order chi connectivity index (χ0) is 24.9. The number of halogens is 1. The van der Waals surface area contributed by atoms with Crippen LogP contribution in [0, 0.1) is 18.8 Å². The summed E-state index contributed by atoms with van der Waals surface area (Å²) in [6.07, 6.45) is 3.66. The van der Waals surface area contributed by atoms with E-state index in [4.69, 9.17) is 4.74 Å². The first-order chi connectivity index (χ1) is 17.6. The van der Waals surface area contributed by atoms with Gasteiger partial charge < -0.3 is 10.1 Å². The topological polar surface area (TPSA) is 58.9 Å². The summed E-state index contributed by atoms with van der Waals surface area (Å²) >= 11 is 0. The number of carbonyl (C=O) groups is 1. The van der Waals surface area contributed by atoms with E-state index in [0.717, 1.165) is 41.1 Å². The van der Waals surface area contributed by atoms with Gasteiger partial charge in [0.1, 0.15) is 18.0 Å². The molecule has 1 N–H and O–H groups in total. The van der Waals surface area contributed by atoms with Crippen molar-refractivity contribution in [2.75, 3.05) is 31.6 Å². The van der Waals surface area contributed by atoms with Crippen molar-refractivity contribution < 1.29 is 13.9 Å². The Morgan fingerprint density at radius 1 is 1.08 bits per heavy atom. The standard InChI is InChI=1S/C29H27FN4O2/c1-21-5-6-25(17-24(21)7-8-27-19-31-28-4-2-3-9-34(27)28)29(35)32-26-15-22(18-30)14-23(16-26)20-33-10-12-36-13-11-33/h2-6,9,14-17,19H,10-13,18,20H2,1H3,(H,32,35). The third kappa shape index (κ3) is 5.46. The fourth-order valence-corrected chi connectivity index (χ4v) is 4.28. The van der Waals surface area contributed by atoms with Gasteiger partial charge in [-0.2, -0.15) is 0 Å². The van der Waals surface area contributed by atoms with Gasteiger partial charge in [-0.25, -0.2) is 9.37 Å². The number of hydrogen-bond acceptors (Lipinski definition) is 4. The maximum Gasteiger partial charge on any atom is 0.255 e. The molecular weight excluding hydrogens is 455 g/mol. The van der Waals surface area contributed by atoms with Crippen LogP contribution in [0.5, 0.6) is 0 Å². The van der Waals surface area contributed by atoms with E-state index < -0.39 is 6.67 Å². The van der Waals surface area contributed by atoms with E-state index in [0.29, 0.717) is 36.6 Å². The number of aryl methyl sites for hydroxylation is 1. The van der Waals surface area contributed by atoms with Crippen LogP contribution in [0.4, 0.5) is 10.1 Å². The first-order valence-corrected chi connectivity index (χ1v) is 11.9. The Bertz CT molecular complexity index is 1460. The maximum absolute atomic E-state index is 13.6. The number of nitrogens with zero attached hydrogens (tertiary/aromatic N) is 3. The Kier molecular flexibility index (Phi) is 7.08. The summed E-state index contributed by atoms with van der Waals surface area (Å²) in [6.45, 7) is 5.13. The molecule has 0 spiro atoms. The first-order valence-electron chi connectivity index (χ1n) is 11.9. The molecule has 0 bridgehead atoms. The number of nitrogens with one attached hydrogen (secondary N) is 1. The van der Waals surface area contributed by atoms with Crippen LogP contribution in [0.25, 0.3) is 5.65 Å². The van der Waals surface area contributed by atoms with Gasteiger partial charge in [-0.1, -0.05) is 24.1 Å². The van der Waals surface area contributed by atoms with Crippen molar-refractivity contribution in [1.82, 2.24) is 14.3 Å². The highest BCUT2D eigenvalue weighted by atomic mass is 19.1. The minimum absolute atomic E-state index is 0.263. The smallest absolute Gasteiger partial charge is 0.255 e. The molecule has 6 nitrogen and oxygen atoms in total. The number of morpholine rings is 1. The van der Waals surface area contributed by atoms with E-state index in [2.05, 4.69) is 27.0 Å². The number of ether oxygens (including phenoxy) is 1. The quantitative estimate of drug-likeness (QED) is 0.423. The van der Waals surface area contributed by atoms with E-state index in [1.807, 2.05) is 53.9 Å². The predicted molar refractivity (Wildman–Crippen MR) is 138 cm³/mol. The van der Waals surface area contributed by atoms with Crippen LogP contribution in [0.1, 0.15) is 38.3 Å². The first kappa shape index (κ1) is 23.7. The van der Waals surface area contributed by atoms with Crippen molar-refractivity contribution in [2.45, 2.75) is 20.1 Å². The second-order valence-corrected chi connectivity index (χ2v) is 8.87. The number of benzene rings is 2. The Labute approximate surface area is 209 Å². The van der Waals surface area contributed by atoms with Gasteiger partial charge in [0.2, 0.25) is 0 Å². The van der Waals surface area contributed by atoms with E-state index >= 15 is 0 Å². The van der Waals surface area contributed by atoms with E-state index in [1.165, 1.54) is 0 Å². The Hall–Kier alpha value is -3.99. The minimum Gasteiger partial charge on any atom is -0.379 e. The normalized spacial score (nSPS) is 13.8. The maximum atomic E-state index is 13.6. The molecule has 0 saturated carbocycles. The summed E-state index contributed by atoms with van der Waals surface area (Å²) < 4.78 is 20.9. The van der Waals surface area contributed by atoms with E-state index in [-0.39, 0.29) is 5.91 Å². The summed E-state index contributed by atoms with van der Waals surface area (Å²) in [4.78, 5) is 19.7. The molecular formula is C29H27FN4O2. The van der Waals surface area contributed by atoms with Crippen molar-refractivity contribution in [3.63, 3.8) is 0 Å². The van der Waals surface area contributed by atoms with Crippen molar-refractivity contribution in [1.29, 1.82) is 0 Å². The van der Waals surface area contributed by atoms with Gasteiger partial charge in [-0.05, 0) is 65.9 Å². The van der Waals surface area contributed by atoms with Crippen molar-refractivity contribution >= 4 is 17.2 Å². The summed E-state index contributed by atoms with van der Waals surface area (Å²) in [6, 6.07) is 16.7. The number of hydrogen-bond donors (Lipinski definition) is 1. The molecule has 1 saturated heterocycles. The lowest BCUT2D eigenvalue weighted by molar-refractivity contribution is 0.0342. The van der Waals surface area contributed by atoms with Gasteiger partial charge in [-0.3, -0.25) is 14.1 Å². The van der Waals surface area contributed by atoms with E-state index in [9.17, 15) is 9.18 Å². The molecule has 1 aliphatic heterocycles. The van der Waals surface area contributed by atoms with E-state index in [1.54, 1.807) is 24.4 Å². The number of rotatable bonds is 5. The molecule has 1 amide bonds. The fraction of sp³-hybridized carbons (Fsp3) is 0.241. The third-order valence-electron chi connectivity index (χ3n) is 6.22. The number of amides is 1. The van der Waals surface area contributed by atoms with Gasteiger partial charge in [0.05, 0.1) is 19.4 Å². The Balaban J connectivity index is 1.35. The Morgan fingerprint density at radius 2 is 1.92 bits per heavy atom. The molecule has 5 rings (SSSR count). The molecule has 0 atom stereocenters. The molecule has 1 fully saturated rings. The molecule has 4 aromatic rings. The van der Waals surface area contributed by atoms with Gasteiger partial charge in [0.25, 0.3) is 5.91 Å².